The lowest BCUT2D eigenvalue weighted by Gasteiger charge is -2.42. The lowest BCUT2D eigenvalue weighted by Crippen LogP contribution is -2.41. The number of allylic oxidation sites excluding steroid dienone is 2. The molecule has 1 heteroatoms. The molecule has 2 rings (SSSR count). The molecule has 2 aliphatic carbocycles. The first-order valence-corrected chi connectivity index (χ1v) is 5.36. The van der Waals surface area contributed by atoms with Crippen LogP contribution < -0.4 is 0 Å². The summed E-state index contributed by atoms with van der Waals surface area (Å²) in [4.78, 5) is 12.0. The molecule has 0 saturated heterocycles. The van der Waals surface area contributed by atoms with E-state index in [0.717, 1.165) is 18.4 Å². The maximum Gasteiger partial charge on any atom is 0.164 e. The number of carbonyl (C=O) groups excluding carboxylic acids is 1. The van der Waals surface area contributed by atoms with E-state index in [1.165, 1.54) is 19.3 Å². The molecular formula is C12H18O. The molecule has 72 valence electrons. The van der Waals surface area contributed by atoms with Crippen LogP contribution in [0.5, 0.6) is 0 Å². The lowest BCUT2D eigenvalue weighted by atomic mass is 9.60. The molecule has 0 N–H and O–H groups in total. The van der Waals surface area contributed by atoms with Crippen molar-refractivity contribution in [2.45, 2.75) is 46.0 Å². The second-order valence-electron chi connectivity index (χ2n) is 4.81. The second kappa shape index (κ2) is 2.97. The number of rotatable bonds is 0. The van der Waals surface area contributed by atoms with Gasteiger partial charge < -0.3 is 0 Å². The summed E-state index contributed by atoms with van der Waals surface area (Å²) in [6.07, 6.45) is 8.20. The van der Waals surface area contributed by atoms with Crippen LogP contribution in [0.2, 0.25) is 0 Å². The average Bonchev–Trinajstić information content (AvgIpc) is 2.13. The minimum atomic E-state index is -0.00289. The minimum Gasteiger partial charge on any atom is -0.294 e. The van der Waals surface area contributed by atoms with Crippen LogP contribution in [0.15, 0.2) is 11.6 Å². The molecule has 0 heterocycles. The highest BCUT2D eigenvalue weighted by molar-refractivity contribution is 6.00. The lowest BCUT2D eigenvalue weighted by molar-refractivity contribution is -0.129. The summed E-state index contributed by atoms with van der Waals surface area (Å²) in [5.41, 5.74) is 0.998. The van der Waals surface area contributed by atoms with Gasteiger partial charge in [-0.1, -0.05) is 25.8 Å². The third-order valence-electron chi connectivity index (χ3n) is 3.99. The topological polar surface area (TPSA) is 17.1 Å². The standard InChI is InChI=1S/C12H18O/c1-9-6-7-10-5-3-4-8-12(10,2)11(9)13/h6,10H,3-5,7-8H2,1-2H3/t10-,12+/m1/s1. The molecule has 0 aromatic heterocycles. The number of ketones is 1. The number of fused-ring (bicyclic) bond motifs is 1. The van der Waals surface area contributed by atoms with E-state index in [2.05, 4.69) is 13.0 Å². The van der Waals surface area contributed by atoms with E-state index >= 15 is 0 Å². The Bertz CT molecular complexity index is 264. The first-order chi connectivity index (χ1) is 6.14. The average molecular weight is 178 g/mol. The molecule has 0 aliphatic heterocycles. The molecule has 13 heavy (non-hydrogen) atoms. The van der Waals surface area contributed by atoms with Gasteiger partial charge in [0.2, 0.25) is 0 Å². The number of carbonyl (C=O) groups is 1. The summed E-state index contributed by atoms with van der Waals surface area (Å²) in [6.45, 7) is 4.15. The Hall–Kier alpha value is -0.590. The summed E-state index contributed by atoms with van der Waals surface area (Å²) < 4.78 is 0. The van der Waals surface area contributed by atoms with Crippen molar-refractivity contribution in [3.8, 4) is 0 Å². The fourth-order valence-corrected chi connectivity index (χ4v) is 2.94. The largest absolute Gasteiger partial charge is 0.294 e. The van der Waals surface area contributed by atoms with Crippen LogP contribution in [0.4, 0.5) is 0 Å². The Morgan fingerprint density at radius 1 is 1.46 bits per heavy atom. The summed E-state index contributed by atoms with van der Waals surface area (Å²) in [7, 11) is 0. The molecule has 0 spiro atoms. The van der Waals surface area contributed by atoms with E-state index in [0.29, 0.717) is 11.7 Å². The highest BCUT2D eigenvalue weighted by Crippen LogP contribution is 2.47. The van der Waals surface area contributed by atoms with Crippen LogP contribution in [-0.4, -0.2) is 5.78 Å². The van der Waals surface area contributed by atoms with Crippen molar-refractivity contribution in [2.75, 3.05) is 0 Å². The first-order valence-electron chi connectivity index (χ1n) is 5.36. The van der Waals surface area contributed by atoms with Crippen LogP contribution >= 0.6 is 0 Å². The van der Waals surface area contributed by atoms with Crippen molar-refractivity contribution >= 4 is 5.78 Å². The van der Waals surface area contributed by atoms with Crippen LogP contribution in [0.1, 0.15) is 46.0 Å². The Morgan fingerprint density at radius 3 is 3.00 bits per heavy atom. The normalized spacial score (nSPS) is 39.7. The third kappa shape index (κ3) is 1.25. The number of hydrogen-bond acceptors (Lipinski definition) is 1. The SMILES string of the molecule is CC1=CC[C@H]2CCCC[C@]2(C)C1=O. The van der Waals surface area contributed by atoms with Gasteiger partial charge in [0.15, 0.2) is 5.78 Å². The molecule has 1 saturated carbocycles. The fourth-order valence-electron chi connectivity index (χ4n) is 2.94. The quantitative estimate of drug-likeness (QED) is 0.557. The molecule has 0 radical (unpaired) electrons. The zero-order chi connectivity index (χ0) is 9.47. The van der Waals surface area contributed by atoms with Gasteiger partial charge in [0, 0.05) is 5.41 Å². The molecule has 1 fully saturated rings. The molecule has 0 aromatic rings. The Labute approximate surface area is 80.2 Å². The molecule has 2 aliphatic rings. The Balaban J connectivity index is 2.32. The highest BCUT2D eigenvalue weighted by Gasteiger charge is 2.44. The predicted molar refractivity (Wildman–Crippen MR) is 53.4 cm³/mol. The van der Waals surface area contributed by atoms with Gasteiger partial charge in [0.05, 0.1) is 0 Å². The van der Waals surface area contributed by atoms with Gasteiger partial charge >= 0.3 is 0 Å². The monoisotopic (exact) mass is 178 g/mol. The first kappa shape index (κ1) is 8.98. The van der Waals surface area contributed by atoms with E-state index in [-0.39, 0.29) is 5.41 Å². The van der Waals surface area contributed by atoms with Gasteiger partial charge in [-0.05, 0) is 37.7 Å². The Morgan fingerprint density at radius 2 is 2.23 bits per heavy atom. The zero-order valence-electron chi connectivity index (χ0n) is 8.60. The fraction of sp³-hybridized carbons (Fsp3) is 0.750. The highest BCUT2D eigenvalue weighted by atomic mass is 16.1. The molecular weight excluding hydrogens is 160 g/mol. The number of hydrogen-bond donors (Lipinski definition) is 0. The van der Waals surface area contributed by atoms with Crippen molar-refractivity contribution in [2.24, 2.45) is 11.3 Å². The summed E-state index contributed by atoms with van der Waals surface area (Å²) in [5, 5.41) is 0. The molecule has 2 atom stereocenters. The van der Waals surface area contributed by atoms with Crippen LogP contribution in [-0.2, 0) is 4.79 Å². The van der Waals surface area contributed by atoms with Gasteiger partial charge in [0.25, 0.3) is 0 Å². The maximum atomic E-state index is 12.0. The smallest absolute Gasteiger partial charge is 0.164 e. The number of Topliss-reactive ketones (excluding diaryl/α,β-unsaturated/α-hetero) is 1. The van der Waals surface area contributed by atoms with E-state index in [9.17, 15) is 4.79 Å². The van der Waals surface area contributed by atoms with Gasteiger partial charge in [-0.25, -0.2) is 0 Å². The minimum absolute atomic E-state index is 0.00289. The van der Waals surface area contributed by atoms with Crippen LogP contribution in [0.3, 0.4) is 0 Å². The van der Waals surface area contributed by atoms with Gasteiger partial charge in [-0.15, -0.1) is 0 Å². The molecule has 1 nitrogen and oxygen atoms in total. The maximum absolute atomic E-state index is 12.0. The molecule has 0 bridgehead atoms. The zero-order valence-corrected chi connectivity index (χ0v) is 8.60. The van der Waals surface area contributed by atoms with Crippen molar-refractivity contribution < 1.29 is 4.79 Å². The van der Waals surface area contributed by atoms with Crippen molar-refractivity contribution in [3.63, 3.8) is 0 Å². The summed E-state index contributed by atoms with van der Waals surface area (Å²) >= 11 is 0. The summed E-state index contributed by atoms with van der Waals surface area (Å²) in [6, 6.07) is 0. The Kier molecular flexibility index (Phi) is 2.05. The van der Waals surface area contributed by atoms with E-state index in [1.54, 1.807) is 0 Å². The summed E-state index contributed by atoms with van der Waals surface area (Å²) in [5.74, 6) is 1.06. The van der Waals surface area contributed by atoms with Gasteiger partial charge in [-0.3, -0.25) is 4.79 Å². The van der Waals surface area contributed by atoms with E-state index in [4.69, 9.17) is 0 Å². The van der Waals surface area contributed by atoms with Crippen molar-refractivity contribution in [1.82, 2.24) is 0 Å². The van der Waals surface area contributed by atoms with Gasteiger partial charge in [-0.2, -0.15) is 0 Å². The van der Waals surface area contributed by atoms with Crippen molar-refractivity contribution in [3.05, 3.63) is 11.6 Å². The van der Waals surface area contributed by atoms with Crippen LogP contribution in [0, 0.1) is 11.3 Å². The van der Waals surface area contributed by atoms with E-state index < -0.39 is 0 Å². The van der Waals surface area contributed by atoms with E-state index in [1.807, 2.05) is 6.92 Å². The molecule has 0 aromatic carbocycles. The third-order valence-corrected chi connectivity index (χ3v) is 3.99. The second-order valence-corrected chi connectivity index (χ2v) is 4.81. The molecule has 0 unspecified atom stereocenters. The van der Waals surface area contributed by atoms with Crippen LogP contribution in [0.25, 0.3) is 0 Å². The van der Waals surface area contributed by atoms with Gasteiger partial charge in [0.1, 0.15) is 0 Å². The molecule has 0 amide bonds. The predicted octanol–water partition coefficient (Wildman–Crippen LogP) is 3.10. The van der Waals surface area contributed by atoms with Crippen molar-refractivity contribution in [1.29, 1.82) is 0 Å².